The number of nitrogens with two attached hydrogens (primary N) is 2. The van der Waals surface area contributed by atoms with Gasteiger partial charge in [0, 0.05) is 32.2 Å². The number of hydrogen-bond donors (Lipinski definition) is 2. The number of nitrogens with zero attached hydrogens (tertiary/aromatic N) is 3. The Balaban J connectivity index is 1.48. The summed E-state index contributed by atoms with van der Waals surface area (Å²) in [6.45, 7) is 6.78. The van der Waals surface area contributed by atoms with Gasteiger partial charge >= 0.3 is 11.9 Å². The zero-order chi connectivity index (χ0) is 24.7. The van der Waals surface area contributed by atoms with E-state index in [2.05, 4.69) is 23.7 Å². The van der Waals surface area contributed by atoms with Crippen LogP contribution in [0.15, 0.2) is 53.5 Å². The van der Waals surface area contributed by atoms with Crippen LogP contribution in [0.3, 0.4) is 0 Å². The lowest BCUT2D eigenvalue weighted by molar-refractivity contribution is -0.136. The molecule has 0 bridgehead atoms. The second kappa shape index (κ2) is 11.3. The predicted octanol–water partition coefficient (Wildman–Crippen LogP) is 1.52. The van der Waals surface area contributed by atoms with Crippen molar-refractivity contribution in [1.29, 1.82) is 0 Å². The fraction of sp³-hybridized carbons (Fsp3) is 0.333. The zero-order valence-corrected chi connectivity index (χ0v) is 19.3. The number of benzene rings is 2. The molecule has 0 aliphatic carbocycles. The fourth-order valence-electron chi connectivity index (χ4n) is 3.44. The van der Waals surface area contributed by atoms with Crippen molar-refractivity contribution < 1.29 is 23.9 Å². The molecule has 1 aliphatic heterocycles. The summed E-state index contributed by atoms with van der Waals surface area (Å²) in [7, 11) is 0. The smallest absolute Gasteiger partial charge is 0.343 e. The molecule has 0 spiro atoms. The van der Waals surface area contributed by atoms with Crippen LogP contribution in [-0.2, 0) is 9.53 Å². The number of hydrogen-bond acceptors (Lipinski definition) is 7. The third-order valence-electron chi connectivity index (χ3n) is 5.39. The van der Waals surface area contributed by atoms with Crippen molar-refractivity contribution in [2.45, 2.75) is 19.9 Å². The molecule has 1 amide bonds. The van der Waals surface area contributed by atoms with Gasteiger partial charge < -0.3 is 25.8 Å². The Kier molecular flexibility index (Phi) is 8.20. The summed E-state index contributed by atoms with van der Waals surface area (Å²) in [4.78, 5) is 44.8. The van der Waals surface area contributed by atoms with E-state index in [4.69, 9.17) is 20.9 Å². The van der Waals surface area contributed by atoms with Gasteiger partial charge in [0.2, 0.25) is 0 Å². The standard InChI is InChI=1S/C24H29N5O5/c1-16(2)28-11-13-29(14-12-28)21(30)15-33-22(31)17-5-9-20(10-6-17)34-23(32)18-3-7-19(8-4-18)27-24(25)26/h3-10,16H,11-15H2,1-2H3,(H4,25,26,27). The normalized spacial score (nSPS) is 13.9. The molecular weight excluding hydrogens is 438 g/mol. The van der Waals surface area contributed by atoms with Gasteiger partial charge in [0.1, 0.15) is 5.75 Å². The summed E-state index contributed by atoms with van der Waals surface area (Å²) in [5, 5.41) is 0. The molecule has 4 N–H and O–H groups in total. The number of piperazine rings is 1. The van der Waals surface area contributed by atoms with E-state index >= 15 is 0 Å². The number of guanidine groups is 1. The second-order valence-corrected chi connectivity index (χ2v) is 8.08. The van der Waals surface area contributed by atoms with E-state index in [1.807, 2.05) is 0 Å². The zero-order valence-electron chi connectivity index (χ0n) is 19.3. The van der Waals surface area contributed by atoms with Crippen LogP contribution in [0.4, 0.5) is 5.69 Å². The van der Waals surface area contributed by atoms with E-state index < -0.39 is 11.9 Å². The monoisotopic (exact) mass is 467 g/mol. The van der Waals surface area contributed by atoms with E-state index in [-0.39, 0.29) is 29.8 Å². The van der Waals surface area contributed by atoms with E-state index in [9.17, 15) is 14.4 Å². The summed E-state index contributed by atoms with van der Waals surface area (Å²) in [6, 6.07) is 12.6. The maximum Gasteiger partial charge on any atom is 0.343 e. The lowest BCUT2D eigenvalue weighted by atomic mass is 10.2. The minimum Gasteiger partial charge on any atom is -0.452 e. The Hall–Kier alpha value is -3.92. The van der Waals surface area contributed by atoms with Crippen LogP contribution in [0, 0.1) is 0 Å². The van der Waals surface area contributed by atoms with Gasteiger partial charge in [-0.15, -0.1) is 0 Å². The van der Waals surface area contributed by atoms with Gasteiger partial charge in [-0.1, -0.05) is 0 Å². The molecule has 180 valence electrons. The molecule has 0 aromatic heterocycles. The lowest BCUT2D eigenvalue weighted by Gasteiger charge is -2.36. The van der Waals surface area contributed by atoms with Crippen molar-refractivity contribution >= 4 is 29.5 Å². The van der Waals surface area contributed by atoms with Crippen LogP contribution in [0.2, 0.25) is 0 Å². The number of carbonyl (C=O) groups excluding carboxylic acids is 3. The van der Waals surface area contributed by atoms with Crippen molar-refractivity contribution in [3.05, 3.63) is 59.7 Å². The second-order valence-electron chi connectivity index (χ2n) is 8.08. The largest absolute Gasteiger partial charge is 0.452 e. The number of rotatable bonds is 7. The summed E-state index contributed by atoms with van der Waals surface area (Å²) >= 11 is 0. The SMILES string of the molecule is CC(C)N1CCN(C(=O)COC(=O)c2ccc(OC(=O)c3ccc(N=C(N)N)cc3)cc2)CC1. The summed E-state index contributed by atoms with van der Waals surface area (Å²) in [5.74, 6) is -1.23. The topological polar surface area (TPSA) is 141 Å². The summed E-state index contributed by atoms with van der Waals surface area (Å²) in [5.41, 5.74) is 11.7. The van der Waals surface area contributed by atoms with Gasteiger partial charge in [0.05, 0.1) is 16.8 Å². The predicted molar refractivity (Wildman–Crippen MR) is 127 cm³/mol. The van der Waals surface area contributed by atoms with Gasteiger partial charge in [0.15, 0.2) is 12.6 Å². The number of ether oxygens (including phenoxy) is 2. The Morgan fingerprint density at radius 3 is 2.00 bits per heavy atom. The fourth-order valence-corrected chi connectivity index (χ4v) is 3.44. The molecular formula is C24H29N5O5. The molecule has 1 heterocycles. The summed E-state index contributed by atoms with van der Waals surface area (Å²) in [6.07, 6.45) is 0. The molecule has 2 aromatic carbocycles. The molecule has 1 saturated heterocycles. The van der Waals surface area contributed by atoms with Gasteiger partial charge in [0.25, 0.3) is 5.91 Å². The molecule has 0 unspecified atom stereocenters. The maximum atomic E-state index is 12.3. The lowest BCUT2D eigenvalue weighted by Crippen LogP contribution is -2.51. The average Bonchev–Trinajstić information content (AvgIpc) is 2.83. The Morgan fingerprint density at radius 2 is 1.44 bits per heavy atom. The van der Waals surface area contributed by atoms with Crippen molar-refractivity contribution in [2.24, 2.45) is 16.5 Å². The molecule has 2 aromatic rings. The molecule has 10 heteroatoms. The third-order valence-corrected chi connectivity index (χ3v) is 5.39. The van der Waals surface area contributed by atoms with E-state index in [1.165, 1.54) is 36.4 Å². The molecule has 0 saturated carbocycles. The highest BCUT2D eigenvalue weighted by Gasteiger charge is 2.23. The first-order valence-corrected chi connectivity index (χ1v) is 10.9. The number of amides is 1. The molecule has 0 atom stereocenters. The van der Waals surface area contributed by atoms with Gasteiger partial charge in [-0.25, -0.2) is 14.6 Å². The molecule has 0 radical (unpaired) electrons. The van der Waals surface area contributed by atoms with Crippen molar-refractivity contribution in [3.63, 3.8) is 0 Å². The van der Waals surface area contributed by atoms with E-state index in [0.717, 1.165) is 13.1 Å². The van der Waals surface area contributed by atoms with Gasteiger partial charge in [-0.2, -0.15) is 0 Å². The minimum absolute atomic E-state index is 0.0808. The molecule has 1 fully saturated rings. The minimum atomic E-state index is -0.623. The van der Waals surface area contributed by atoms with Gasteiger partial charge in [-0.05, 0) is 62.4 Å². The van der Waals surface area contributed by atoms with Crippen LogP contribution in [-0.4, -0.2) is 72.4 Å². The van der Waals surface area contributed by atoms with E-state index in [1.54, 1.807) is 17.0 Å². The van der Waals surface area contributed by atoms with Crippen molar-refractivity contribution in [1.82, 2.24) is 9.80 Å². The van der Waals surface area contributed by atoms with Crippen molar-refractivity contribution in [2.75, 3.05) is 32.8 Å². The van der Waals surface area contributed by atoms with Crippen LogP contribution >= 0.6 is 0 Å². The molecule has 1 aliphatic rings. The Morgan fingerprint density at radius 1 is 0.882 bits per heavy atom. The first-order chi connectivity index (χ1) is 16.2. The van der Waals surface area contributed by atoms with E-state index in [0.29, 0.717) is 30.4 Å². The number of carbonyl (C=O) groups is 3. The van der Waals surface area contributed by atoms with Crippen LogP contribution in [0.25, 0.3) is 0 Å². The Labute approximate surface area is 198 Å². The number of aliphatic imine (C=N–C) groups is 1. The van der Waals surface area contributed by atoms with Gasteiger partial charge in [-0.3, -0.25) is 9.69 Å². The van der Waals surface area contributed by atoms with Crippen LogP contribution in [0.1, 0.15) is 34.6 Å². The molecule has 3 rings (SSSR count). The van der Waals surface area contributed by atoms with Crippen molar-refractivity contribution in [3.8, 4) is 5.75 Å². The summed E-state index contributed by atoms with van der Waals surface area (Å²) < 4.78 is 10.5. The molecule has 34 heavy (non-hydrogen) atoms. The average molecular weight is 468 g/mol. The first-order valence-electron chi connectivity index (χ1n) is 10.9. The highest BCUT2D eigenvalue weighted by Crippen LogP contribution is 2.17. The van der Waals surface area contributed by atoms with Crippen LogP contribution in [0.5, 0.6) is 5.75 Å². The van der Waals surface area contributed by atoms with Crippen LogP contribution < -0.4 is 16.2 Å². The molecule has 10 nitrogen and oxygen atoms in total. The highest BCUT2D eigenvalue weighted by atomic mass is 16.5. The number of esters is 2. The highest BCUT2D eigenvalue weighted by molar-refractivity contribution is 5.93. The Bertz CT molecular complexity index is 1040. The quantitative estimate of drug-likeness (QED) is 0.270. The maximum absolute atomic E-state index is 12.3. The first kappa shape index (κ1) is 24.7. The third kappa shape index (κ3) is 6.79.